The summed E-state index contributed by atoms with van der Waals surface area (Å²) in [6.45, 7) is 2.58. The van der Waals surface area contributed by atoms with Gasteiger partial charge in [0.1, 0.15) is 0 Å². The molecule has 2 atom stereocenters. The number of rotatable bonds is 4. The maximum Gasteiger partial charge on any atom is 0.0698 e. The number of hydrogen-bond acceptors (Lipinski definition) is 3. The molecule has 0 aromatic heterocycles. The van der Waals surface area contributed by atoms with E-state index in [1.54, 1.807) is 7.11 Å². The zero-order valence-electron chi connectivity index (χ0n) is 10.8. The van der Waals surface area contributed by atoms with E-state index < -0.39 is 0 Å². The standard InChI is InChI=1S/C14H21ClN2O/c1-18-11-5-4-8-17(10-11)14(9-16)12-6-2-3-7-13(12)15/h2-3,6-7,11,14H,4-5,8-10,16H2,1H3. The van der Waals surface area contributed by atoms with Gasteiger partial charge in [-0.05, 0) is 31.0 Å². The molecule has 2 rings (SSSR count). The third-order valence-electron chi connectivity index (χ3n) is 3.67. The molecule has 3 nitrogen and oxygen atoms in total. The second-order valence-electron chi connectivity index (χ2n) is 4.77. The van der Waals surface area contributed by atoms with Crippen LogP contribution in [0, 0.1) is 0 Å². The maximum absolute atomic E-state index is 6.27. The molecule has 1 aromatic carbocycles. The number of methoxy groups -OCH3 is 1. The number of nitrogens with two attached hydrogens (primary N) is 1. The topological polar surface area (TPSA) is 38.5 Å². The monoisotopic (exact) mass is 268 g/mol. The predicted molar refractivity (Wildman–Crippen MR) is 74.9 cm³/mol. The Morgan fingerprint density at radius 2 is 2.28 bits per heavy atom. The molecule has 100 valence electrons. The van der Waals surface area contributed by atoms with E-state index in [1.807, 2.05) is 18.2 Å². The summed E-state index contributed by atoms with van der Waals surface area (Å²) < 4.78 is 5.47. The maximum atomic E-state index is 6.27. The van der Waals surface area contributed by atoms with Crippen molar-refractivity contribution in [3.63, 3.8) is 0 Å². The first-order chi connectivity index (χ1) is 8.76. The first kappa shape index (κ1) is 13.8. The van der Waals surface area contributed by atoms with Crippen LogP contribution in [0.15, 0.2) is 24.3 Å². The Hall–Kier alpha value is -0.610. The quantitative estimate of drug-likeness (QED) is 0.912. The van der Waals surface area contributed by atoms with Crippen LogP contribution in [0.3, 0.4) is 0 Å². The highest BCUT2D eigenvalue weighted by atomic mass is 35.5. The number of nitrogens with zero attached hydrogens (tertiary/aromatic N) is 1. The summed E-state index contributed by atoms with van der Waals surface area (Å²) in [5, 5.41) is 0.799. The molecule has 2 unspecified atom stereocenters. The lowest BCUT2D eigenvalue weighted by Gasteiger charge is -2.37. The molecule has 1 aliphatic rings. The number of likely N-dealkylation sites (tertiary alicyclic amines) is 1. The fraction of sp³-hybridized carbons (Fsp3) is 0.571. The Balaban J connectivity index is 2.15. The van der Waals surface area contributed by atoms with Crippen molar-refractivity contribution in [3.8, 4) is 0 Å². The summed E-state index contributed by atoms with van der Waals surface area (Å²) in [7, 11) is 1.78. The van der Waals surface area contributed by atoms with Gasteiger partial charge in [0.2, 0.25) is 0 Å². The highest BCUT2D eigenvalue weighted by Crippen LogP contribution is 2.29. The van der Waals surface area contributed by atoms with Gasteiger partial charge in [-0.15, -0.1) is 0 Å². The molecule has 0 aliphatic carbocycles. The Kier molecular flexibility index (Phi) is 5.01. The average molecular weight is 269 g/mol. The van der Waals surface area contributed by atoms with E-state index in [9.17, 15) is 0 Å². The smallest absolute Gasteiger partial charge is 0.0698 e. The molecule has 0 amide bonds. The van der Waals surface area contributed by atoms with Gasteiger partial charge in [0.25, 0.3) is 0 Å². The number of piperidine rings is 1. The van der Waals surface area contributed by atoms with Crippen LogP contribution in [0.2, 0.25) is 5.02 Å². The van der Waals surface area contributed by atoms with Crippen molar-refractivity contribution in [1.82, 2.24) is 4.90 Å². The molecule has 4 heteroatoms. The number of hydrogen-bond donors (Lipinski definition) is 1. The van der Waals surface area contributed by atoms with Crippen molar-refractivity contribution in [2.45, 2.75) is 25.0 Å². The summed E-state index contributed by atoms with van der Waals surface area (Å²) in [5.74, 6) is 0. The lowest BCUT2D eigenvalue weighted by Crippen LogP contribution is -2.43. The summed E-state index contributed by atoms with van der Waals surface area (Å²) in [6, 6.07) is 8.15. The van der Waals surface area contributed by atoms with Crippen LogP contribution in [-0.4, -0.2) is 37.7 Å². The Morgan fingerprint density at radius 3 is 2.94 bits per heavy atom. The zero-order valence-corrected chi connectivity index (χ0v) is 11.6. The van der Waals surface area contributed by atoms with E-state index in [0.29, 0.717) is 12.6 Å². The lowest BCUT2D eigenvalue weighted by molar-refractivity contribution is 0.0155. The van der Waals surface area contributed by atoms with Crippen LogP contribution in [0.1, 0.15) is 24.4 Å². The fourth-order valence-corrected chi connectivity index (χ4v) is 2.92. The number of benzene rings is 1. The Morgan fingerprint density at radius 1 is 1.50 bits per heavy atom. The third kappa shape index (κ3) is 3.04. The van der Waals surface area contributed by atoms with Crippen molar-refractivity contribution in [3.05, 3.63) is 34.9 Å². The van der Waals surface area contributed by atoms with Gasteiger partial charge >= 0.3 is 0 Å². The van der Waals surface area contributed by atoms with Gasteiger partial charge in [-0.25, -0.2) is 0 Å². The van der Waals surface area contributed by atoms with E-state index in [2.05, 4.69) is 11.0 Å². The van der Waals surface area contributed by atoms with E-state index in [4.69, 9.17) is 22.1 Å². The minimum atomic E-state index is 0.191. The highest BCUT2D eigenvalue weighted by molar-refractivity contribution is 6.31. The molecule has 1 saturated heterocycles. The minimum absolute atomic E-state index is 0.191. The van der Waals surface area contributed by atoms with Crippen LogP contribution in [0.4, 0.5) is 0 Å². The van der Waals surface area contributed by atoms with Gasteiger partial charge in [-0.2, -0.15) is 0 Å². The largest absolute Gasteiger partial charge is 0.380 e. The number of ether oxygens (including phenoxy) is 1. The van der Waals surface area contributed by atoms with E-state index in [-0.39, 0.29) is 6.04 Å². The molecular weight excluding hydrogens is 248 g/mol. The van der Waals surface area contributed by atoms with Crippen LogP contribution in [0.25, 0.3) is 0 Å². The van der Waals surface area contributed by atoms with Crippen molar-refractivity contribution in [2.75, 3.05) is 26.7 Å². The molecule has 1 aliphatic heterocycles. The van der Waals surface area contributed by atoms with Crippen molar-refractivity contribution in [2.24, 2.45) is 5.73 Å². The van der Waals surface area contributed by atoms with Gasteiger partial charge in [-0.3, -0.25) is 4.90 Å². The second kappa shape index (κ2) is 6.53. The SMILES string of the molecule is COC1CCCN(C(CN)c2ccccc2Cl)C1. The zero-order chi connectivity index (χ0) is 13.0. The Bertz CT molecular complexity index is 386. The molecule has 0 radical (unpaired) electrons. The highest BCUT2D eigenvalue weighted by Gasteiger charge is 2.26. The van der Waals surface area contributed by atoms with Crippen LogP contribution in [-0.2, 0) is 4.74 Å². The van der Waals surface area contributed by atoms with Crippen LogP contribution in [0.5, 0.6) is 0 Å². The van der Waals surface area contributed by atoms with Crippen LogP contribution >= 0.6 is 11.6 Å². The van der Waals surface area contributed by atoms with Crippen LogP contribution < -0.4 is 5.73 Å². The molecule has 0 spiro atoms. The molecular formula is C14H21ClN2O. The van der Waals surface area contributed by atoms with Crippen molar-refractivity contribution in [1.29, 1.82) is 0 Å². The molecule has 1 fully saturated rings. The Labute approximate surface area is 114 Å². The third-order valence-corrected chi connectivity index (χ3v) is 4.02. The molecule has 1 aromatic rings. The first-order valence-corrected chi connectivity index (χ1v) is 6.85. The minimum Gasteiger partial charge on any atom is -0.380 e. The molecule has 1 heterocycles. The van der Waals surface area contributed by atoms with Gasteiger partial charge in [0.05, 0.1) is 6.10 Å². The molecule has 2 N–H and O–H groups in total. The molecule has 18 heavy (non-hydrogen) atoms. The van der Waals surface area contributed by atoms with E-state index in [1.165, 1.54) is 0 Å². The normalized spacial score (nSPS) is 22.9. The van der Waals surface area contributed by atoms with Crippen molar-refractivity contribution < 1.29 is 4.74 Å². The fourth-order valence-electron chi connectivity index (χ4n) is 2.66. The number of halogens is 1. The van der Waals surface area contributed by atoms with Gasteiger partial charge < -0.3 is 10.5 Å². The summed E-state index contributed by atoms with van der Waals surface area (Å²) in [4.78, 5) is 2.39. The summed E-state index contributed by atoms with van der Waals surface area (Å²) in [5.41, 5.74) is 7.07. The summed E-state index contributed by atoms with van der Waals surface area (Å²) in [6.07, 6.45) is 2.60. The predicted octanol–water partition coefficient (Wildman–Crippen LogP) is 2.45. The van der Waals surface area contributed by atoms with Gasteiger partial charge in [-0.1, -0.05) is 29.8 Å². The van der Waals surface area contributed by atoms with Crippen molar-refractivity contribution >= 4 is 11.6 Å². The van der Waals surface area contributed by atoms with E-state index >= 15 is 0 Å². The van der Waals surface area contributed by atoms with Gasteiger partial charge in [0.15, 0.2) is 0 Å². The molecule has 0 saturated carbocycles. The molecule has 0 bridgehead atoms. The van der Waals surface area contributed by atoms with Gasteiger partial charge in [0, 0.05) is 31.3 Å². The first-order valence-electron chi connectivity index (χ1n) is 6.47. The van der Waals surface area contributed by atoms with E-state index in [0.717, 1.165) is 36.5 Å². The summed E-state index contributed by atoms with van der Waals surface area (Å²) >= 11 is 6.27. The average Bonchev–Trinajstić information content (AvgIpc) is 2.42. The second-order valence-corrected chi connectivity index (χ2v) is 5.18. The lowest BCUT2D eigenvalue weighted by atomic mass is 10.0.